The number of amides is 2. The predicted octanol–water partition coefficient (Wildman–Crippen LogP) is 3.09. The monoisotopic (exact) mass is 460 g/mol. The van der Waals surface area contributed by atoms with E-state index in [2.05, 4.69) is 10.3 Å². The van der Waals surface area contributed by atoms with Crippen molar-refractivity contribution in [3.05, 3.63) is 92.5 Å². The highest BCUT2D eigenvalue weighted by Gasteiger charge is 2.68. The second kappa shape index (κ2) is 7.75. The van der Waals surface area contributed by atoms with Crippen molar-refractivity contribution in [2.45, 2.75) is 18.3 Å². The molecule has 0 unspecified atom stereocenters. The molecule has 1 aliphatic heterocycles. The van der Waals surface area contributed by atoms with Crippen molar-refractivity contribution in [2.24, 2.45) is 0 Å². The van der Waals surface area contributed by atoms with Gasteiger partial charge in [-0.05, 0) is 29.9 Å². The number of halogens is 3. The summed E-state index contributed by atoms with van der Waals surface area (Å²) in [4.78, 5) is 40.3. The number of aromatic nitrogens is 2. The molecule has 7 nitrogen and oxygen atoms in total. The normalized spacial score (nSPS) is 17.5. The van der Waals surface area contributed by atoms with Crippen LogP contribution in [-0.4, -0.2) is 27.5 Å². The first-order chi connectivity index (χ1) is 15.1. The molecule has 2 aromatic carbocycles. The number of nitrogens with one attached hydrogen (secondary N) is 3. The molecule has 0 saturated heterocycles. The Labute approximate surface area is 183 Å². The number of hydrogen-bond acceptors (Lipinski definition) is 4. The molecule has 1 atom stereocenters. The Hall–Kier alpha value is -3.73. The number of benzene rings is 2. The number of carbonyl (C=O) groups is 2. The van der Waals surface area contributed by atoms with Gasteiger partial charge in [0.1, 0.15) is 11.4 Å². The van der Waals surface area contributed by atoms with Crippen LogP contribution in [0, 0.1) is 4.77 Å². The third kappa shape index (κ3) is 3.40. The Balaban J connectivity index is 1.91. The molecule has 4 rings (SSSR count). The summed E-state index contributed by atoms with van der Waals surface area (Å²) in [5.41, 5.74) is -5.22. The summed E-state index contributed by atoms with van der Waals surface area (Å²) in [5, 5.41) is 3.89. The number of aromatic amines is 1. The van der Waals surface area contributed by atoms with E-state index >= 15 is 0 Å². The lowest BCUT2D eigenvalue weighted by molar-refractivity contribution is -0.196. The van der Waals surface area contributed by atoms with Crippen LogP contribution in [0.25, 0.3) is 0 Å². The van der Waals surface area contributed by atoms with Crippen molar-refractivity contribution in [3.8, 4) is 0 Å². The Kier molecular flexibility index (Phi) is 5.21. The molecule has 0 fully saturated rings. The third-order valence-electron chi connectivity index (χ3n) is 5.09. The van der Waals surface area contributed by atoms with Gasteiger partial charge in [0.15, 0.2) is 4.77 Å². The van der Waals surface area contributed by atoms with Gasteiger partial charge in [-0.25, -0.2) is 0 Å². The van der Waals surface area contributed by atoms with Gasteiger partial charge in [0, 0.05) is 5.56 Å². The second-order valence-electron chi connectivity index (χ2n) is 7.08. The SMILES string of the molecule is O=C(N[C@]1(C(F)(F)F)C(=O)Nc2c1c(=O)[nH]c(=S)n2Cc1ccccc1)c1ccccc1. The van der Waals surface area contributed by atoms with Gasteiger partial charge in [-0.15, -0.1) is 0 Å². The molecule has 0 radical (unpaired) electrons. The number of H-pyrrole nitrogens is 1. The average molecular weight is 460 g/mol. The van der Waals surface area contributed by atoms with E-state index in [0.717, 1.165) is 0 Å². The summed E-state index contributed by atoms with van der Waals surface area (Å²) in [5.74, 6) is -3.18. The van der Waals surface area contributed by atoms with E-state index in [1.807, 2.05) is 0 Å². The van der Waals surface area contributed by atoms with Crippen LogP contribution >= 0.6 is 12.2 Å². The van der Waals surface area contributed by atoms with Gasteiger partial charge >= 0.3 is 6.18 Å². The minimum absolute atomic E-state index is 0.0143. The molecule has 3 N–H and O–H groups in total. The first-order valence-electron chi connectivity index (χ1n) is 9.32. The Morgan fingerprint density at radius 3 is 2.22 bits per heavy atom. The number of carbonyl (C=O) groups excluding carboxylic acids is 2. The topological polar surface area (TPSA) is 96.0 Å². The van der Waals surface area contributed by atoms with Gasteiger partial charge in [-0.3, -0.25) is 23.9 Å². The third-order valence-corrected chi connectivity index (χ3v) is 5.42. The number of fused-ring (bicyclic) bond motifs is 1. The summed E-state index contributed by atoms with van der Waals surface area (Å²) in [6.07, 6.45) is -5.33. The fraction of sp³-hybridized carbons (Fsp3) is 0.143. The first-order valence-corrected chi connectivity index (χ1v) is 9.73. The highest BCUT2D eigenvalue weighted by Crippen LogP contribution is 2.45. The number of alkyl halides is 3. The van der Waals surface area contributed by atoms with E-state index < -0.39 is 40.5 Å². The zero-order valence-electron chi connectivity index (χ0n) is 16.2. The van der Waals surface area contributed by atoms with E-state index in [1.54, 1.807) is 41.7 Å². The maximum atomic E-state index is 14.4. The van der Waals surface area contributed by atoms with E-state index in [9.17, 15) is 27.6 Å². The van der Waals surface area contributed by atoms with Crippen molar-refractivity contribution < 1.29 is 22.8 Å². The standard InChI is InChI=1S/C21H15F3N4O3S/c22-21(23,24)20(27-16(29)13-9-5-2-6-10-13)14-15(25-18(20)31)28(19(32)26-17(14)30)11-12-7-3-1-4-8-12/h1-10H,11H2,(H,25,31)(H,27,29)(H,26,30,32)/t20-/m0/s1. The molecule has 3 aromatic rings. The molecular formula is C21H15F3N4O3S. The summed E-state index contributed by atoms with van der Waals surface area (Å²) >= 11 is 5.14. The Morgan fingerprint density at radius 2 is 1.62 bits per heavy atom. The maximum Gasteiger partial charge on any atom is 0.425 e. The quantitative estimate of drug-likeness (QED) is 0.522. The number of anilines is 1. The predicted molar refractivity (Wildman–Crippen MR) is 112 cm³/mol. The lowest BCUT2D eigenvalue weighted by atomic mass is 9.91. The lowest BCUT2D eigenvalue weighted by Gasteiger charge is -2.30. The van der Waals surface area contributed by atoms with Gasteiger partial charge < -0.3 is 10.6 Å². The van der Waals surface area contributed by atoms with Crippen molar-refractivity contribution in [2.75, 3.05) is 5.32 Å². The number of hydrogen-bond donors (Lipinski definition) is 3. The lowest BCUT2D eigenvalue weighted by Crippen LogP contribution is -2.61. The van der Waals surface area contributed by atoms with E-state index in [0.29, 0.717) is 5.56 Å². The second-order valence-corrected chi connectivity index (χ2v) is 7.46. The van der Waals surface area contributed by atoms with Crippen molar-refractivity contribution >= 4 is 29.9 Å². The van der Waals surface area contributed by atoms with Gasteiger partial charge in [-0.1, -0.05) is 48.5 Å². The summed E-state index contributed by atoms with van der Waals surface area (Å²) in [6.45, 7) is -0.0143. The molecule has 0 saturated carbocycles. The van der Waals surface area contributed by atoms with Crippen LogP contribution in [0.4, 0.5) is 19.0 Å². The van der Waals surface area contributed by atoms with Crippen LogP contribution < -0.4 is 16.2 Å². The molecule has 1 aliphatic rings. The van der Waals surface area contributed by atoms with E-state index in [1.165, 1.54) is 28.8 Å². The zero-order chi connectivity index (χ0) is 23.1. The van der Waals surface area contributed by atoms with Crippen molar-refractivity contribution in [3.63, 3.8) is 0 Å². The van der Waals surface area contributed by atoms with Crippen molar-refractivity contribution in [1.82, 2.24) is 14.9 Å². The molecule has 164 valence electrons. The molecule has 11 heteroatoms. The maximum absolute atomic E-state index is 14.4. The van der Waals surface area contributed by atoms with Gasteiger partial charge in [0.05, 0.1) is 6.54 Å². The molecule has 2 heterocycles. The smallest absolute Gasteiger partial charge is 0.326 e. The fourth-order valence-electron chi connectivity index (χ4n) is 3.57. The molecule has 32 heavy (non-hydrogen) atoms. The van der Waals surface area contributed by atoms with Crippen LogP contribution in [-0.2, 0) is 16.9 Å². The van der Waals surface area contributed by atoms with E-state index in [-0.39, 0.29) is 16.9 Å². The molecule has 2 amide bonds. The number of nitrogens with zero attached hydrogens (tertiary/aromatic N) is 1. The minimum Gasteiger partial charge on any atom is -0.326 e. The first kappa shape index (κ1) is 21.5. The Morgan fingerprint density at radius 1 is 1.03 bits per heavy atom. The fourth-order valence-corrected chi connectivity index (χ4v) is 3.82. The average Bonchev–Trinajstić information content (AvgIpc) is 3.06. The van der Waals surface area contributed by atoms with Gasteiger partial charge in [0.2, 0.25) is 0 Å². The minimum atomic E-state index is -5.33. The molecule has 0 spiro atoms. The molecule has 1 aromatic heterocycles. The van der Waals surface area contributed by atoms with Gasteiger partial charge in [0.25, 0.3) is 22.9 Å². The van der Waals surface area contributed by atoms with Gasteiger partial charge in [-0.2, -0.15) is 13.2 Å². The van der Waals surface area contributed by atoms with Crippen LogP contribution in [0.3, 0.4) is 0 Å². The van der Waals surface area contributed by atoms with E-state index in [4.69, 9.17) is 12.2 Å². The molecular weight excluding hydrogens is 445 g/mol. The highest BCUT2D eigenvalue weighted by atomic mass is 32.1. The largest absolute Gasteiger partial charge is 0.425 e. The van der Waals surface area contributed by atoms with Crippen molar-refractivity contribution in [1.29, 1.82) is 0 Å². The molecule has 0 bridgehead atoms. The number of rotatable bonds is 4. The zero-order valence-corrected chi connectivity index (χ0v) is 17.0. The summed E-state index contributed by atoms with van der Waals surface area (Å²) in [7, 11) is 0. The van der Waals surface area contributed by atoms with Crippen LogP contribution in [0.5, 0.6) is 0 Å². The van der Waals surface area contributed by atoms with Crippen LogP contribution in [0.15, 0.2) is 65.5 Å². The van der Waals surface area contributed by atoms with Crippen LogP contribution in [0.2, 0.25) is 0 Å². The van der Waals surface area contributed by atoms with Crippen LogP contribution in [0.1, 0.15) is 21.5 Å². The molecule has 0 aliphatic carbocycles. The summed E-state index contributed by atoms with van der Waals surface area (Å²) < 4.78 is 44.2. The highest BCUT2D eigenvalue weighted by molar-refractivity contribution is 7.71. The Bertz CT molecular complexity index is 1320. The summed E-state index contributed by atoms with van der Waals surface area (Å²) in [6, 6.07) is 15.7.